The molecule has 1 aromatic heterocycles. The molecule has 1 heterocycles. The number of ether oxygens (including phenoxy) is 1. The number of nitrogens with zero attached hydrogens (tertiary/aromatic N) is 2. The molecule has 0 aliphatic heterocycles. The van der Waals surface area contributed by atoms with Crippen LogP contribution in [0.1, 0.15) is 29.2 Å². The van der Waals surface area contributed by atoms with Crippen molar-refractivity contribution in [1.82, 2.24) is 4.57 Å². The number of esters is 1. The first-order valence-corrected chi connectivity index (χ1v) is 9.42. The second-order valence-corrected chi connectivity index (χ2v) is 6.95. The Bertz CT molecular complexity index is 1220. The third-order valence-corrected chi connectivity index (χ3v) is 4.69. The molecule has 0 unspecified atom stereocenters. The Morgan fingerprint density at radius 3 is 2.58 bits per heavy atom. The van der Waals surface area contributed by atoms with E-state index >= 15 is 0 Å². The van der Waals surface area contributed by atoms with E-state index in [-0.39, 0.29) is 18.7 Å². The summed E-state index contributed by atoms with van der Waals surface area (Å²) in [6, 6.07) is 12.4. The number of fused-ring (bicyclic) bond motifs is 1. The zero-order chi connectivity index (χ0) is 22.8. The van der Waals surface area contributed by atoms with Crippen LogP contribution in [0, 0.1) is 18.3 Å². The summed E-state index contributed by atoms with van der Waals surface area (Å²) >= 11 is 0. The first kappa shape index (κ1) is 22.0. The maximum absolute atomic E-state index is 13.2. The molecule has 3 aromatic rings. The number of carbonyl (C=O) groups excluding carboxylic acids is 1. The summed E-state index contributed by atoms with van der Waals surface area (Å²) in [5.41, 5.74) is 0.451. The number of aromatic nitrogens is 1. The second kappa shape index (κ2) is 8.56. The van der Waals surface area contributed by atoms with Crippen LogP contribution >= 0.6 is 0 Å². The first-order valence-electron chi connectivity index (χ1n) is 9.42. The van der Waals surface area contributed by atoms with E-state index in [9.17, 15) is 28.3 Å². The Balaban J connectivity index is 2.12. The lowest BCUT2D eigenvalue weighted by Crippen LogP contribution is -2.08. The third kappa shape index (κ3) is 4.56. The average Bonchev–Trinajstić information content (AvgIpc) is 3.06. The summed E-state index contributed by atoms with van der Waals surface area (Å²) in [7, 11) is 0. The minimum atomic E-state index is -4.47. The monoisotopic (exact) mass is 428 g/mol. The first-order chi connectivity index (χ1) is 14.7. The van der Waals surface area contributed by atoms with Crippen molar-refractivity contribution in [3.05, 3.63) is 76.5 Å². The molecule has 1 N–H and O–H groups in total. The van der Waals surface area contributed by atoms with Gasteiger partial charge in [-0.1, -0.05) is 29.8 Å². The van der Waals surface area contributed by atoms with Gasteiger partial charge in [0.2, 0.25) is 0 Å². The maximum Gasteiger partial charge on any atom is 0.416 e. The van der Waals surface area contributed by atoms with E-state index < -0.39 is 29.0 Å². The van der Waals surface area contributed by atoms with Gasteiger partial charge in [0.05, 0.1) is 12.2 Å². The lowest BCUT2D eigenvalue weighted by atomic mass is 10.1. The topological polar surface area (TPSA) is 75.2 Å². The Kier molecular flexibility index (Phi) is 6.07. The number of hydrogen-bond acceptors (Lipinski definition) is 4. The molecule has 8 heteroatoms. The lowest BCUT2D eigenvalue weighted by Gasteiger charge is -2.12. The predicted molar refractivity (Wildman–Crippen MR) is 109 cm³/mol. The van der Waals surface area contributed by atoms with Gasteiger partial charge >= 0.3 is 12.1 Å². The molecule has 0 bridgehead atoms. The smallest absolute Gasteiger partial charge is 0.416 e. The van der Waals surface area contributed by atoms with Crippen LogP contribution in [0.5, 0.6) is 0 Å². The molecule has 0 fully saturated rings. The zero-order valence-electron chi connectivity index (χ0n) is 16.8. The molecule has 0 amide bonds. The highest BCUT2D eigenvalue weighted by molar-refractivity contribution is 6.03. The van der Waals surface area contributed by atoms with Crippen molar-refractivity contribution in [2.75, 3.05) is 6.61 Å². The van der Waals surface area contributed by atoms with E-state index in [0.717, 1.165) is 12.1 Å². The minimum Gasteiger partial charge on any atom is -0.506 e. The van der Waals surface area contributed by atoms with Crippen LogP contribution in [0.3, 0.4) is 0 Å². The largest absolute Gasteiger partial charge is 0.506 e. The van der Waals surface area contributed by atoms with Crippen molar-refractivity contribution in [3.63, 3.8) is 0 Å². The number of aryl methyl sites for hydroxylation is 1. The average molecular weight is 428 g/mol. The van der Waals surface area contributed by atoms with Gasteiger partial charge in [-0.15, -0.1) is 0 Å². The fourth-order valence-electron chi connectivity index (χ4n) is 3.41. The number of alkyl halides is 3. The molecule has 0 spiro atoms. The van der Waals surface area contributed by atoms with Crippen LogP contribution in [0.4, 0.5) is 13.2 Å². The molecule has 0 atom stereocenters. The van der Waals surface area contributed by atoms with Crippen molar-refractivity contribution < 1.29 is 27.8 Å². The van der Waals surface area contributed by atoms with Gasteiger partial charge < -0.3 is 14.4 Å². The van der Waals surface area contributed by atoms with Crippen LogP contribution < -0.4 is 0 Å². The number of para-hydroxylation sites is 1. The molecule has 2 aromatic carbocycles. The van der Waals surface area contributed by atoms with Crippen LogP contribution in [0.15, 0.2) is 54.2 Å². The second-order valence-electron chi connectivity index (χ2n) is 6.95. The number of nitriles is 1. The molecule has 0 aliphatic carbocycles. The number of hydrogen-bond donors (Lipinski definition) is 1. The summed E-state index contributed by atoms with van der Waals surface area (Å²) in [5.74, 6) is -1.50. The number of rotatable bonds is 5. The number of benzene rings is 2. The number of carbonyl (C=O) groups is 1. The fraction of sp³-hybridized carbons (Fsp3) is 0.217. The van der Waals surface area contributed by atoms with Crippen molar-refractivity contribution >= 4 is 22.6 Å². The third-order valence-electron chi connectivity index (χ3n) is 4.69. The Morgan fingerprint density at radius 2 is 1.94 bits per heavy atom. The summed E-state index contributed by atoms with van der Waals surface area (Å²) in [6.07, 6.45) is -2.96. The van der Waals surface area contributed by atoms with Gasteiger partial charge in [0, 0.05) is 29.2 Å². The van der Waals surface area contributed by atoms with Gasteiger partial charge in [-0.25, -0.2) is 4.79 Å². The lowest BCUT2D eigenvalue weighted by molar-refractivity contribution is -0.138. The molecule has 3 rings (SSSR count). The quantitative estimate of drug-likeness (QED) is 0.257. The standard InChI is InChI=1S/C23H19F3N2O3/c1-3-31-22(30)18(11-27)21(29)19-13-28(20-7-5-4-6-17(19)20)12-15-8-14(2)9-16(10-15)23(24,25)26/h4-10,13,29H,3,12H2,1-2H3/b21-18-. The van der Waals surface area contributed by atoms with Gasteiger partial charge in [0.15, 0.2) is 5.57 Å². The van der Waals surface area contributed by atoms with Gasteiger partial charge in [0.1, 0.15) is 11.8 Å². The van der Waals surface area contributed by atoms with E-state index in [1.54, 1.807) is 54.8 Å². The van der Waals surface area contributed by atoms with Crippen molar-refractivity contribution in [2.45, 2.75) is 26.6 Å². The Morgan fingerprint density at radius 1 is 1.23 bits per heavy atom. The molecule has 0 aliphatic rings. The summed E-state index contributed by atoms with van der Waals surface area (Å²) in [5, 5.41) is 20.5. The number of aliphatic hydroxyl groups excluding tert-OH is 1. The Hall–Kier alpha value is -3.73. The van der Waals surface area contributed by atoms with E-state index in [2.05, 4.69) is 0 Å². The molecular formula is C23H19F3N2O3. The van der Waals surface area contributed by atoms with Gasteiger partial charge in [0.25, 0.3) is 0 Å². The fourth-order valence-corrected chi connectivity index (χ4v) is 3.41. The molecule has 160 valence electrons. The number of aliphatic hydroxyl groups is 1. The van der Waals surface area contributed by atoms with Gasteiger partial charge in [-0.3, -0.25) is 0 Å². The van der Waals surface area contributed by atoms with Gasteiger partial charge in [-0.2, -0.15) is 18.4 Å². The Labute approximate surface area is 176 Å². The SMILES string of the molecule is CCOC(=O)/C(C#N)=C(\O)c1cn(Cc2cc(C)cc(C(F)(F)F)c2)c2ccccc12. The summed E-state index contributed by atoms with van der Waals surface area (Å²) in [4.78, 5) is 12.0. The van der Waals surface area contributed by atoms with E-state index in [1.165, 1.54) is 6.20 Å². The molecule has 0 saturated carbocycles. The summed E-state index contributed by atoms with van der Waals surface area (Å²) < 4.78 is 46.1. The van der Waals surface area contributed by atoms with E-state index in [0.29, 0.717) is 22.0 Å². The van der Waals surface area contributed by atoms with E-state index in [1.807, 2.05) is 0 Å². The highest BCUT2D eigenvalue weighted by Gasteiger charge is 2.31. The van der Waals surface area contributed by atoms with Crippen molar-refractivity contribution in [1.29, 1.82) is 5.26 Å². The molecule has 0 saturated heterocycles. The van der Waals surface area contributed by atoms with Gasteiger partial charge in [-0.05, 0) is 37.6 Å². The molecule has 5 nitrogen and oxygen atoms in total. The maximum atomic E-state index is 13.2. The van der Waals surface area contributed by atoms with E-state index in [4.69, 9.17) is 4.74 Å². The predicted octanol–water partition coefficient (Wildman–Crippen LogP) is 5.37. The molecule has 31 heavy (non-hydrogen) atoms. The van der Waals surface area contributed by atoms with Crippen molar-refractivity contribution in [3.8, 4) is 6.07 Å². The molecular weight excluding hydrogens is 409 g/mol. The van der Waals surface area contributed by atoms with Crippen LogP contribution in [-0.2, 0) is 22.3 Å². The van der Waals surface area contributed by atoms with Crippen molar-refractivity contribution in [2.24, 2.45) is 0 Å². The highest BCUT2D eigenvalue weighted by Crippen LogP contribution is 2.32. The highest BCUT2D eigenvalue weighted by atomic mass is 19.4. The normalized spacial score (nSPS) is 12.4. The zero-order valence-corrected chi connectivity index (χ0v) is 16.8. The molecule has 0 radical (unpaired) electrons. The van der Waals surface area contributed by atoms with Crippen LogP contribution in [0.25, 0.3) is 16.7 Å². The van der Waals surface area contributed by atoms with Crippen LogP contribution in [0.2, 0.25) is 0 Å². The summed E-state index contributed by atoms with van der Waals surface area (Å²) in [6.45, 7) is 3.30. The number of halogens is 3. The van der Waals surface area contributed by atoms with Crippen LogP contribution in [-0.4, -0.2) is 22.2 Å². The minimum absolute atomic E-state index is 0.0357.